The average Bonchev–Trinajstić information content (AvgIpc) is 2.66. The van der Waals surface area contributed by atoms with E-state index in [1.54, 1.807) is 0 Å². The fourth-order valence-electron chi connectivity index (χ4n) is 2.89. The van der Waals surface area contributed by atoms with Gasteiger partial charge in [-0.15, -0.1) is 0 Å². The second-order valence-corrected chi connectivity index (χ2v) is 5.76. The molecule has 1 saturated heterocycles. The Hall–Kier alpha value is -1.16. The second kappa shape index (κ2) is 6.33. The van der Waals surface area contributed by atoms with Gasteiger partial charge in [-0.1, -0.05) is 11.6 Å². The largest absolute Gasteiger partial charge is 0.305 e. The fourth-order valence-corrected chi connectivity index (χ4v) is 2.89. The van der Waals surface area contributed by atoms with Crippen LogP contribution in [0, 0.1) is 0 Å². The molecular formula is C15H24N2O2. The molecule has 2 rings (SSSR count). The van der Waals surface area contributed by atoms with Crippen LogP contribution >= 0.6 is 0 Å². The molecule has 4 heteroatoms. The first-order chi connectivity index (χ1) is 9.09. The van der Waals surface area contributed by atoms with Crippen LogP contribution in [-0.4, -0.2) is 35.3 Å². The topological polar surface area (TPSA) is 49.4 Å². The van der Waals surface area contributed by atoms with Crippen LogP contribution < -0.4 is 5.32 Å². The molecule has 0 aromatic carbocycles. The van der Waals surface area contributed by atoms with Gasteiger partial charge in [0.05, 0.1) is 12.5 Å². The highest BCUT2D eigenvalue weighted by Crippen LogP contribution is 2.20. The van der Waals surface area contributed by atoms with Gasteiger partial charge in [0.2, 0.25) is 11.8 Å². The van der Waals surface area contributed by atoms with E-state index in [-0.39, 0.29) is 23.9 Å². The molecule has 1 heterocycles. The van der Waals surface area contributed by atoms with Crippen LogP contribution in [0.2, 0.25) is 0 Å². The molecule has 1 unspecified atom stereocenters. The lowest BCUT2D eigenvalue weighted by Crippen LogP contribution is -2.42. The minimum atomic E-state index is -0.306. The molecule has 106 valence electrons. The highest BCUT2D eigenvalue weighted by atomic mass is 16.2. The number of imide groups is 1. The molecule has 0 radical (unpaired) electrons. The number of nitrogens with zero attached hydrogens (tertiary/aromatic N) is 1. The number of amides is 2. The van der Waals surface area contributed by atoms with E-state index in [0.717, 1.165) is 13.0 Å². The zero-order valence-corrected chi connectivity index (χ0v) is 11.9. The fraction of sp³-hybridized carbons (Fsp3) is 0.733. The first-order valence-corrected chi connectivity index (χ1v) is 7.37. The molecule has 4 nitrogen and oxygen atoms in total. The average molecular weight is 264 g/mol. The molecule has 2 amide bonds. The van der Waals surface area contributed by atoms with Crippen LogP contribution in [0.5, 0.6) is 0 Å². The molecule has 1 fully saturated rings. The number of allylic oxidation sites excluding steroid dienone is 1. The van der Waals surface area contributed by atoms with Crippen LogP contribution in [0.3, 0.4) is 0 Å². The Bertz CT molecular complexity index is 388. The van der Waals surface area contributed by atoms with Crippen molar-refractivity contribution < 1.29 is 9.59 Å². The van der Waals surface area contributed by atoms with E-state index in [2.05, 4.69) is 11.4 Å². The van der Waals surface area contributed by atoms with E-state index in [4.69, 9.17) is 0 Å². The summed E-state index contributed by atoms with van der Waals surface area (Å²) in [5, 5.41) is 3.24. The molecule has 0 saturated carbocycles. The number of nitrogens with one attached hydrogen (secondary N) is 1. The molecule has 1 aliphatic heterocycles. The highest BCUT2D eigenvalue weighted by Gasteiger charge is 2.39. The lowest BCUT2D eigenvalue weighted by Gasteiger charge is -2.19. The Labute approximate surface area is 115 Å². The van der Waals surface area contributed by atoms with Crippen molar-refractivity contribution in [3.63, 3.8) is 0 Å². The second-order valence-electron chi connectivity index (χ2n) is 5.76. The van der Waals surface area contributed by atoms with Gasteiger partial charge in [0.15, 0.2) is 0 Å². The first kappa shape index (κ1) is 14.3. The summed E-state index contributed by atoms with van der Waals surface area (Å²) < 4.78 is 0. The summed E-state index contributed by atoms with van der Waals surface area (Å²) in [7, 11) is 0. The first-order valence-electron chi connectivity index (χ1n) is 7.37. The minimum absolute atomic E-state index is 0.0344. The summed E-state index contributed by atoms with van der Waals surface area (Å²) in [6.45, 7) is 4.55. The Morgan fingerprint density at radius 1 is 1.37 bits per heavy atom. The lowest BCUT2D eigenvalue weighted by molar-refractivity contribution is -0.140. The number of carbonyl (C=O) groups is 2. The van der Waals surface area contributed by atoms with Gasteiger partial charge >= 0.3 is 0 Å². The molecule has 1 atom stereocenters. The molecule has 19 heavy (non-hydrogen) atoms. The van der Waals surface area contributed by atoms with E-state index >= 15 is 0 Å². The summed E-state index contributed by atoms with van der Waals surface area (Å²) >= 11 is 0. The number of hydrogen-bond acceptors (Lipinski definition) is 3. The van der Waals surface area contributed by atoms with E-state index in [1.807, 2.05) is 13.8 Å². The smallest absolute Gasteiger partial charge is 0.247 e. The standard InChI is InChI=1S/C15H24N2O2/c1-11(2)17-14(18)10-13(15(17)19)16-9-8-12-6-4-3-5-7-12/h6,11,13,16H,3-5,7-10H2,1-2H3. The van der Waals surface area contributed by atoms with E-state index < -0.39 is 0 Å². The maximum absolute atomic E-state index is 12.1. The molecular weight excluding hydrogens is 240 g/mol. The predicted molar refractivity (Wildman–Crippen MR) is 74.6 cm³/mol. The van der Waals surface area contributed by atoms with Gasteiger partial charge in [-0.2, -0.15) is 0 Å². The summed E-state index contributed by atoms with van der Waals surface area (Å²) in [4.78, 5) is 25.2. The summed E-state index contributed by atoms with van der Waals surface area (Å²) in [6.07, 6.45) is 8.61. The van der Waals surface area contributed by atoms with Gasteiger partial charge in [-0.25, -0.2) is 0 Å². The summed E-state index contributed by atoms with van der Waals surface area (Å²) in [5.41, 5.74) is 1.50. The Morgan fingerprint density at radius 2 is 2.16 bits per heavy atom. The van der Waals surface area contributed by atoms with Crippen molar-refractivity contribution in [2.45, 2.75) is 64.5 Å². The number of likely N-dealkylation sites (tertiary alicyclic amines) is 1. The molecule has 0 bridgehead atoms. The molecule has 2 aliphatic rings. The quantitative estimate of drug-likeness (QED) is 0.610. The number of carbonyl (C=O) groups excluding carboxylic acids is 2. The SMILES string of the molecule is CC(C)N1C(=O)CC(NCCC2=CCCCC2)C1=O. The van der Waals surface area contributed by atoms with Crippen molar-refractivity contribution in [1.29, 1.82) is 0 Å². The lowest BCUT2D eigenvalue weighted by atomic mass is 9.97. The zero-order valence-electron chi connectivity index (χ0n) is 11.9. The molecule has 0 aromatic heterocycles. The Kier molecular flexibility index (Phi) is 4.75. The van der Waals surface area contributed by atoms with E-state index in [9.17, 15) is 9.59 Å². The third-order valence-corrected chi connectivity index (χ3v) is 3.92. The number of rotatable bonds is 5. The van der Waals surface area contributed by atoms with E-state index in [1.165, 1.54) is 36.2 Å². The summed E-state index contributed by atoms with van der Waals surface area (Å²) in [5.74, 6) is -0.105. The summed E-state index contributed by atoms with van der Waals surface area (Å²) in [6, 6.07) is -0.341. The Morgan fingerprint density at radius 3 is 2.74 bits per heavy atom. The van der Waals surface area contributed by atoms with Crippen molar-refractivity contribution in [3.8, 4) is 0 Å². The molecule has 0 spiro atoms. The zero-order chi connectivity index (χ0) is 13.8. The van der Waals surface area contributed by atoms with Crippen molar-refractivity contribution >= 4 is 11.8 Å². The molecule has 1 N–H and O–H groups in total. The van der Waals surface area contributed by atoms with Crippen LogP contribution in [-0.2, 0) is 9.59 Å². The third-order valence-electron chi connectivity index (χ3n) is 3.92. The monoisotopic (exact) mass is 264 g/mol. The molecule has 0 aromatic rings. The van der Waals surface area contributed by atoms with Crippen molar-refractivity contribution in [3.05, 3.63) is 11.6 Å². The number of hydrogen-bond donors (Lipinski definition) is 1. The molecule has 1 aliphatic carbocycles. The van der Waals surface area contributed by atoms with E-state index in [0.29, 0.717) is 6.42 Å². The highest BCUT2D eigenvalue weighted by molar-refractivity contribution is 6.05. The van der Waals surface area contributed by atoms with Gasteiger partial charge in [0.1, 0.15) is 0 Å². The van der Waals surface area contributed by atoms with Crippen LogP contribution in [0.15, 0.2) is 11.6 Å². The van der Waals surface area contributed by atoms with Gasteiger partial charge in [0, 0.05) is 6.04 Å². The van der Waals surface area contributed by atoms with Crippen molar-refractivity contribution in [1.82, 2.24) is 10.2 Å². The van der Waals surface area contributed by atoms with Gasteiger partial charge in [-0.3, -0.25) is 14.5 Å². The van der Waals surface area contributed by atoms with Crippen LogP contribution in [0.1, 0.15) is 52.4 Å². The van der Waals surface area contributed by atoms with Gasteiger partial charge in [0.25, 0.3) is 0 Å². The van der Waals surface area contributed by atoms with Crippen molar-refractivity contribution in [2.75, 3.05) is 6.54 Å². The normalized spacial score (nSPS) is 24.3. The predicted octanol–water partition coefficient (Wildman–Crippen LogP) is 2.00. The maximum atomic E-state index is 12.1. The van der Waals surface area contributed by atoms with Gasteiger partial charge in [-0.05, 0) is 52.5 Å². The van der Waals surface area contributed by atoms with Crippen LogP contribution in [0.4, 0.5) is 0 Å². The third kappa shape index (κ3) is 3.44. The van der Waals surface area contributed by atoms with Crippen LogP contribution in [0.25, 0.3) is 0 Å². The van der Waals surface area contributed by atoms with Gasteiger partial charge < -0.3 is 5.32 Å². The Balaban J connectivity index is 1.79. The van der Waals surface area contributed by atoms with Crippen molar-refractivity contribution in [2.24, 2.45) is 0 Å². The minimum Gasteiger partial charge on any atom is -0.305 e. The maximum Gasteiger partial charge on any atom is 0.247 e.